The monoisotopic (exact) mass is 500 g/mol. The number of alkyl halides is 2. The summed E-state index contributed by atoms with van der Waals surface area (Å²) in [6.07, 6.45) is 5.11. The van der Waals surface area contributed by atoms with Crippen molar-refractivity contribution in [1.29, 1.82) is 0 Å². The van der Waals surface area contributed by atoms with Crippen LogP contribution in [0.2, 0.25) is 5.02 Å². The van der Waals surface area contributed by atoms with Gasteiger partial charge < -0.3 is 10.5 Å². The molecular formula is C23H16ClF3N6O2. The van der Waals surface area contributed by atoms with Crippen LogP contribution in [0.5, 0.6) is 5.88 Å². The van der Waals surface area contributed by atoms with E-state index in [1.165, 1.54) is 48.9 Å². The van der Waals surface area contributed by atoms with Crippen molar-refractivity contribution in [3.8, 4) is 17.3 Å². The molecule has 8 nitrogen and oxygen atoms in total. The number of hydrogen-bond donors (Lipinski definition) is 1. The summed E-state index contributed by atoms with van der Waals surface area (Å²) < 4.78 is 46.8. The maximum atomic E-state index is 15.0. The lowest BCUT2D eigenvalue weighted by atomic mass is 10.2. The van der Waals surface area contributed by atoms with E-state index in [1.807, 2.05) is 0 Å². The molecule has 0 fully saturated rings. The summed E-state index contributed by atoms with van der Waals surface area (Å²) in [7, 11) is 0. The Morgan fingerprint density at radius 3 is 2.71 bits per heavy atom. The molecule has 4 aromatic rings. The van der Waals surface area contributed by atoms with Crippen molar-refractivity contribution in [1.82, 2.24) is 19.6 Å². The van der Waals surface area contributed by atoms with Gasteiger partial charge in [-0.05, 0) is 42.6 Å². The molecule has 0 aliphatic heterocycles. The third-order valence-corrected chi connectivity index (χ3v) is 4.84. The average Bonchev–Trinajstić information content (AvgIpc) is 3.27. The van der Waals surface area contributed by atoms with E-state index < -0.39 is 17.9 Å². The van der Waals surface area contributed by atoms with Crippen LogP contribution in [0.1, 0.15) is 5.69 Å². The molecule has 0 aliphatic rings. The molecule has 0 aliphatic carbocycles. The van der Waals surface area contributed by atoms with Crippen molar-refractivity contribution in [3.63, 3.8) is 0 Å². The third-order valence-electron chi connectivity index (χ3n) is 4.60. The van der Waals surface area contributed by atoms with Gasteiger partial charge in [-0.1, -0.05) is 17.7 Å². The Kier molecular flexibility index (Phi) is 6.97. The molecule has 2 N–H and O–H groups in total. The van der Waals surface area contributed by atoms with E-state index in [0.717, 1.165) is 15.4 Å². The van der Waals surface area contributed by atoms with Gasteiger partial charge in [-0.3, -0.25) is 4.79 Å². The number of rotatable bonds is 7. The highest BCUT2D eigenvalue weighted by Crippen LogP contribution is 2.23. The maximum Gasteiger partial charge on any atom is 0.388 e. The van der Waals surface area contributed by atoms with Gasteiger partial charge in [0.2, 0.25) is 11.3 Å². The van der Waals surface area contributed by atoms with Crippen LogP contribution in [-0.2, 0) is 0 Å². The molecule has 35 heavy (non-hydrogen) atoms. The SMILES string of the molecule is NC=CC(=Nc1cccc(Cl)c1)c1nn(-c2ccc(-n3nccc3OC(F)F)cc2F)ccc1=O. The van der Waals surface area contributed by atoms with Crippen LogP contribution in [0.25, 0.3) is 11.4 Å². The molecule has 0 saturated heterocycles. The molecule has 0 atom stereocenters. The van der Waals surface area contributed by atoms with E-state index in [2.05, 4.69) is 19.9 Å². The van der Waals surface area contributed by atoms with E-state index in [-0.39, 0.29) is 28.7 Å². The highest BCUT2D eigenvalue weighted by Gasteiger charge is 2.15. The van der Waals surface area contributed by atoms with Crippen LogP contribution in [0, 0.1) is 5.82 Å². The molecule has 2 aromatic heterocycles. The third kappa shape index (κ3) is 5.41. The topological polar surface area (TPSA) is 100 Å². The smallest absolute Gasteiger partial charge is 0.388 e. The number of halogens is 4. The minimum atomic E-state index is -3.07. The predicted octanol–water partition coefficient (Wildman–Crippen LogP) is 4.41. The summed E-state index contributed by atoms with van der Waals surface area (Å²) in [5, 5.41) is 8.57. The van der Waals surface area contributed by atoms with Crippen LogP contribution in [0.4, 0.5) is 18.9 Å². The predicted molar refractivity (Wildman–Crippen MR) is 125 cm³/mol. The molecule has 0 unspecified atom stereocenters. The first kappa shape index (κ1) is 23.8. The lowest BCUT2D eigenvalue weighted by Gasteiger charge is -2.12. The van der Waals surface area contributed by atoms with Gasteiger partial charge >= 0.3 is 6.61 Å². The van der Waals surface area contributed by atoms with Gasteiger partial charge in [-0.15, -0.1) is 0 Å². The number of nitrogens with zero attached hydrogens (tertiary/aromatic N) is 5. The molecule has 12 heteroatoms. The summed E-state index contributed by atoms with van der Waals surface area (Å²) in [5.74, 6) is -1.02. The fourth-order valence-electron chi connectivity index (χ4n) is 3.14. The highest BCUT2D eigenvalue weighted by atomic mass is 35.5. The second-order valence-electron chi connectivity index (χ2n) is 6.90. The summed E-state index contributed by atoms with van der Waals surface area (Å²) >= 11 is 6.00. The maximum absolute atomic E-state index is 15.0. The number of hydrogen-bond acceptors (Lipinski definition) is 6. The highest BCUT2D eigenvalue weighted by molar-refractivity contribution is 6.30. The van der Waals surface area contributed by atoms with E-state index in [1.54, 1.807) is 24.3 Å². The quantitative estimate of drug-likeness (QED) is 0.379. The Bertz CT molecular complexity index is 1480. The van der Waals surface area contributed by atoms with Crippen molar-refractivity contribution in [3.05, 3.63) is 106 Å². The van der Waals surface area contributed by atoms with E-state index in [0.29, 0.717) is 10.7 Å². The molecule has 0 radical (unpaired) electrons. The van der Waals surface area contributed by atoms with Gasteiger partial charge in [0.05, 0.1) is 23.3 Å². The van der Waals surface area contributed by atoms with E-state index >= 15 is 4.39 Å². The Morgan fingerprint density at radius 1 is 1.17 bits per heavy atom. The summed E-state index contributed by atoms with van der Waals surface area (Å²) in [4.78, 5) is 16.9. The van der Waals surface area contributed by atoms with Crippen molar-refractivity contribution < 1.29 is 17.9 Å². The Hall–Kier alpha value is -4.38. The Balaban J connectivity index is 1.74. The van der Waals surface area contributed by atoms with E-state index in [9.17, 15) is 13.6 Å². The first-order valence-electron chi connectivity index (χ1n) is 9.98. The van der Waals surface area contributed by atoms with Crippen LogP contribution in [-0.4, -0.2) is 31.9 Å². The zero-order chi connectivity index (χ0) is 24.9. The summed E-state index contributed by atoms with van der Waals surface area (Å²) in [6, 6.07) is 12.9. The van der Waals surface area contributed by atoms with Gasteiger partial charge in [0.15, 0.2) is 11.5 Å². The van der Waals surface area contributed by atoms with Gasteiger partial charge in [-0.25, -0.2) is 18.7 Å². The normalized spacial score (nSPS) is 12.0. The number of aromatic nitrogens is 4. The molecule has 178 valence electrons. The van der Waals surface area contributed by atoms with Crippen LogP contribution in [0.3, 0.4) is 0 Å². The second-order valence-corrected chi connectivity index (χ2v) is 7.34. The van der Waals surface area contributed by atoms with Crippen LogP contribution in [0.15, 0.2) is 89.1 Å². The van der Waals surface area contributed by atoms with Crippen LogP contribution >= 0.6 is 11.6 Å². The standard InChI is InChI=1S/C23H16ClF3N6O2/c24-14-2-1-3-15(12-14)30-18(6-9-28)22-20(34)8-11-32(31-22)19-5-4-16(13-17(19)25)33-21(7-10-29-33)35-23(26)27/h1-13,23H,28H2. The second kappa shape index (κ2) is 10.3. The van der Waals surface area contributed by atoms with Gasteiger partial charge in [0, 0.05) is 29.4 Å². The fourth-order valence-corrected chi connectivity index (χ4v) is 3.33. The molecule has 2 heterocycles. The first-order chi connectivity index (χ1) is 16.9. The molecule has 4 rings (SSSR count). The Labute approximate surface area is 201 Å². The van der Waals surface area contributed by atoms with Gasteiger partial charge in [0.25, 0.3) is 0 Å². The van der Waals surface area contributed by atoms with E-state index in [4.69, 9.17) is 17.3 Å². The summed E-state index contributed by atoms with van der Waals surface area (Å²) in [5.41, 5.74) is 5.69. The van der Waals surface area contributed by atoms with Crippen LogP contribution < -0.4 is 15.9 Å². The van der Waals surface area contributed by atoms with Crippen molar-refractivity contribution in [2.45, 2.75) is 6.61 Å². The minimum Gasteiger partial charge on any atom is -0.417 e. The largest absolute Gasteiger partial charge is 0.417 e. The fraction of sp³-hybridized carbons (Fsp3) is 0.0435. The number of nitrogens with two attached hydrogens (primary N) is 1. The first-order valence-corrected chi connectivity index (χ1v) is 10.4. The van der Waals surface area contributed by atoms with Crippen molar-refractivity contribution >= 4 is 23.0 Å². The summed E-state index contributed by atoms with van der Waals surface area (Å²) in [6.45, 7) is -3.07. The lowest BCUT2D eigenvalue weighted by molar-refractivity contribution is -0.0544. The van der Waals surface area contributed by atoms with Gasteiger partial charge in [-0.2, -0.15) is 19.0 Å². The minimum absolute atomic E-state index is 0.0164. The Morgan fingerprint density at radius 2 is 2.00 bits per heavy atom. The molecule has 2 aromatic carbocycles. The average molecular weight is 501 g/mol. The molecule has 0 saturated carbocycles. The molecular weight excluding hydrogens is 485 g/mol. The van der Waals surface area contributed by atoms with Gasteiger partial charge in [0.1, 0.15) is 5.69 Å². The molecule has 0 bridgehead atoms. The number of benzene rings is 2. The number of ether oxygens (including phenoxy) is 1. The molecule has 0 spiro atoms. The zero-order valence-electron chi connectivity index (χ0n) is 17.7. The lowest BCUT2D eigenvalue weighted by Crippen LogP contribution is -2.21. The zero-order valence-corrected chi connectivity index (χ0v) is 18.5. The van der Waals surface area contributed by atoms with Crippen molar-refractivity contribution in [2.75, 3.05) is 0 Å². The number of aliphatic imine (C=N–C) groups is 1. The molecule has 0 amide bonds. The van der Waals surface area contributed by atoms with Crippen molar-refractivity contribution in [2.24, 2.45) is 10.7 Å². The number of allylic oxidation sites excluding steroid dienone is 1.